The van der Waals surface area contributed by atoms with Crippen LogP contribution in [0.1, 0.15) is 18.1 Å². The minimum Gasteiger partial charge on any atom is -0.478 e. The first kappa shape index (κ1) is 14.7. The molecular formula is C13H10ClF3O3. The molecule has 1 aliphatic heterocycles. The molecule has 1 aromatic rings. The fraction of sp³-hybridized carbons (Fsp3) is 0.308. The van der Waals surface area contributed by atoms with E-state index in [0.29, 0.717) is 17.0 Å². The Bertz CT molecular complexity index is 593. The molecule has 3 nitrogen and oxygen atoms in total. The fourth-order valence-electron chi connectivity index (χ4n) is 2.03. The van der Waals surface area contributed by atoms with Crippen molar-refractivity contribution in [3.05, 3.63) is 33.9 Å². The quantitative estimate of drug-likeness (QED) is 0.906. The summed E-state index contributed by atoms with van der Waals surface area (Å²) in [5.41, 5.74) is -0.107. The lowest BCUT2D eigenvalue weighted by Crippen LogP contribution is -2.40. The number of benzene rings is 1. The number of fused-ring (bicyclic) bond motifs is 1. The molecule has 0 fully saturated rings. The number of alkyl halides is 3. The van der Waals surface area contributed by atoms with E-state index in [4.69, 9.17) is 21.4 Å². The Balaban J connectivity index is 2.62. The molecule has 7 heteroatoms. The molecular weight excluding hydrogens is 297 g/mol. The second-order valence-corrected chi connectivity index (χ2v) is 4.72. The first-order valence-corrected chi connectivity index (χ1v) is 6.12. The maximum absolute atomic E-state index is 12.9. The predicted molar refractivity (Wildman–Crippen MR) is 66.9 cm³/mol. The zero-order valence-electron chi connectivity index (χ0n) is 10.3. The van der Waals surface area contributed by atoms with Gasteiger partial charge < -0.3 is 9.84 Å². The van der Waals surface area contributed by atoms with Crippen LogP contribution in [0.25, 0.3) is 6.08 Å². The molecule has 0 bridgehead atoms. The topological polar surface area (TPSA) is 46.5 Å². The summed E-state index contributed by atoms with van der Waals surface area (Å²) in [4.78, 5) is 11.0. The van der Waals surface area contributed by atoms with Crippen molar-refractivity contribution in [2.45, 2.75) is 25.6 Å². The third kappa shape index (κ3) is 2.60. The molecule has 0 saturated carbocycles. The Morgan fingerprint density at radius 3 is 2.60 bits per heavy atom. The van der Waals surface area contributed by atoms with Crippen molar-refractivity contribution in [2.75, 3.05) is 0 Å². The highest BCUT2D eigenvalue weighted by atomic mass is 35.5. The van der Waals surface area contributed by atoms with Crippen molar-refractivity contribution in [1.29, 1.82) is 0 Å². The Morgan fingerprint density at radius 1 is 1.45 bits per heavy atom. The average molecular weight is 307 g/mol. The molecule has 1 heterocycles. The van der Waals surface area contributed by atoms with Crippen LogP contribution in [0.2, 0.25) is 5.02 Å². The Morgan fingerprint density at radius 2 is 2.10 bits per heavy atom. The zero-order chi connectivity index (χ0) is 15.1. The lowest BCUT2D eigenvalue weighted by molar-refractivity contribution is -0.187. The van der Waals surface area contributed by atoms with E-state index >= 15 is 0 Å². The van der Waals surface area contributed by atoms with Crippen molar-refractivity contribution in [3.63, 3.8) is 0 Å². The zero-order valence-corrected chi connectivity index (χ0v) is 11.0. The summed E-state index contributed by atoms with van der Waals surface area (Å²) in [6.45, 7) is 1.74. The molecule has 1 unspecified atom stereocenters. The first-order valence-electron chi connectivity index (χ1n) is 5.74. The third-order valence-electron chi connectivity index (χ3n) is 2.91. The van der Waals surface area contributed by atoms with Crippen LogP contribution in [0.15, 0.2) is 17.7 Å². The van der Waals surface area contributed by atoms with Crippen molar-refractivity contribution >= 4 is 23.6 Å². The summed E-state index contributed by atoms with van der Waals surface area (Å²) in [6.07, 6.45) is -5.89. The van der Waals surface area contributed by atoms with Gasteiger partial charge in [0.2, 0.25) is 6.10 Å². The monoisotopic (exact) mass is 306 g/mol. The van der Waals surface area contributed by atoms with Gasteiger partial charge in [0.05, 0.1) is 5.57 Å². The van der Waals surface area contributed by atoms with Gasteiger partial charge in [-0.1, -0.05) is 18.5 Å². The number of ether oxygens (including phenoxy) is 1. The smallest absolute Gasteiger partial charge is 0.430 e. The van der Waals surface area contributed by atoms with E-state index in [1.54, 1.807) is 6.92 Å². The third-order valence-corrected chi connectivity index (χ3v) is 3.13. The van der Waals surface area contributed by atoms with Crippen LogP contribution >= 0.6 is 11.6 Å². The average Bonchev–Trinajstić information content (AvgIpc) is 2.34. The summed E-state index contributed by atoms with van der Waals surface area (Å²) < 4.78 is 43.6. The number of aliphatic carboxylic acids is 1. The summed E-state index contributed by atoms with van der Waals surface area (Å²) >= 11 is 5.86. The summed E-state index contributed by atoms with van der Waals surface area (Å²) in [5, 5.41) is 9.23. The van der Waals surface area contributed by atoms with Crippen LogP contribution in [-0.4, -0.2) is 23.4 Å². The van der Waals surface area contributed by atoms with Gasteiger partial charge in [-0.05, 0) is 30.2 Å². The van der Waals surface area contributed by atoms with Gasteiger partial charge in [0, 0.05) is 10.6 Å². The van der Waals surface area contributed by atoms with E-state index in [0.717, 1.165) is 6.08 Å². The number of hydrogen-bond acceptors (Lipinski definition) is 2. The second-order valence-electron chi connectivity index (χ2n) is 4.28. The second kappa shape index (κ2) is 5.01. The van der Waals surface area contributed by atoms with Crippen LogP contribution in [0.3, 0.4) is 0 Å². The molecule has 108 valence electrons. The number of carbonyl (C=O) groups is 1. The highest BCUT2D eigenvalue weighted by Gasteiger charge is 2.48. The van der Waals surface area contributed by atoms with Crippen LogP contribution in [0.5, 0.6) is 5.75 Å². The number of aryl methyl sites for hydroxylation is 1. The van der Waals surface area contributed by atoms with E-state index in [-0.39, 0.29) is 11.3 Å². The minimum atomic E-state index is -4.80. The van der Waals surface area contributed by atoms with Gasteiger partial charge >= 0.3 is 12.1 Å². The van der Waals surface area contributed by atoms with Gasteiger partial charge in [0.1, 0.15) is 5.75 Å². The molecule has 20 heavy (non-hydrogen) atoms. The number of hydrogen-bond donors (Lipinski definition) is 1. The first-order chi connectivity index (χ1) is 9.24. The number of carboxylic acids is 1. The Kier molecular flexibility index (Phi) is 3.69. The van der Waals surface area contributed by atoms with E-state index in [1.165, 1.54) is 12.1 Å². The normalized spacial score (nSPS) is 18.1. The Labute approximate surface area is 117 Å². The summed E-state index contributed by atoms with van der Waals surface area (Å²) in [6, 6.07) is 2.89. The van der Waals surface area contributed by atoms with E-state index < -0.39 is 23.8 Å². The van der Waals surface area contributed by atoms with Crippen LogP contribution in [0, 0.1) is 0 Å². The molecule has 1 aromatic carbocycles. The largest absolute Gasteiger partial charge is 0.478 e. The SMILES string of the molecule is CCc1cc(Cl)cc2c1OC(C(F)(F)F)C(C(=O)O)=C2. The van der Waals surface area contributed by atoms with E-state index in [2.05, 4.69) is 0 Å². The molecule has 0 amide bonds. The van der Waals surface area contributed by atoms with Crippen molar-refractivity contribution in [2.24, 2.45) is 0 Å². The van der Waals surface area contributed by atoms with Crippen molar-refractivity contribution < 1.29 is 27.8 Å². The molecule has 1 atom stereocenters. The highest BCUT2D eigenvalue weighted by Crippen LogP contribution is 2.40. The van der Waals surface area contributed by atoms with Crippen LogP contribution in [0.4, 0.5) is 13.2 Å². The van der Waals surface area contributed by atoms with E-state index in [9.17, 15) is 18.0 Å². The fourth-order valence-corrected chi connectivity index (χ4v) is 2.28. The lowest BCUT2D eigenvalue weighted by Gasteiger charge is -2.28. The van der Waals surface area contributed by atoms with Crippen molar-refractivity contribution in [3.8, 4) is 5.75 Å². The lowest BCUT2D eigenvalue weighted by atomic mass is 9.98. The number of halogens is 4. The standard InChI is InChI=1S/C13H10ClF3O3/c1-2-6-3-8(14)4-7-5-9(12(18)19)11(13(15,16)17)20-10(6)7/h3-5,11H,2H2,1H3,(H,18,19). The minimum absolute atomic E-state index is 0.0317. The highest BCUT2D eigenvalue weighted by molar-refractivity contribution is 6.30. The maximum Gasteiger partial charge on any atom is 0.430 e. The molecule has 1 aliphatic rings. The van der Waals surface area contributed by atoms with Crippen LogP contribution < -0.4 is 4.74 Å². The molecule has 0 aliphatic carbocycles. The summed E-state index contributed by atoms with van der Waals surface area (Å²) in [5.74, 6) is -1.64. The van der Waals surface area contributed by atoms with Crippen molar-refractivity contribution in [1.82, 2.24) is 0 Å². The predicted octanol–water partition coefficient (Wildman–Crippen LogP) is 3.69. The van der Waals surface area contributed by atoms with Crippen LogP contribution in [-0.2, 0) is 11.2 Å². The van der Waals surface area contributed by atoms with Gasteiger partial charge in [0.25, 0.3) is 0 Å². The summed E-state index contributed by atoms with van der Waals surface area (Å²) in [7, 11) is 0. The van der Waals surface area contributed by atoms with Gasteiger partial charge in [0.15, 0.2) is 0 Å². The molecule has 0 spiro atoms. The van der Waals surface area contributed by atoms with E-state index in [1.807, 2.05) is 0 Å². The molecule has 0 radical (unpaired) electrons. The Hall–Kier alpha value is -1.69. The maximum atomic E-state index is 12.9. The van der Waals surface area contributed by atoms with Gasteiger partial charge in [-0.3, -0.25) is 0 Å². The number of rotatable bonds is 2. The van der Waals surface area contributed by atoms with Gasteiger partial charge in [-0.15, -0.1) is 0 Å². The molecule has 2 rings (SSSR count). The van der Waals surface area contributed by atoms with Gasteiger partial charge in [-0.25, -0.2) is 4.79 Å². The molecule has 1 N–H and O–H groups in total. The molecule has 0 saturated heterocycles. The number of carboxylic acid groups (broad SMARTS) is 1. The van der Waals surface area contributed by atoms with Gasteiger partial charge in [-0.2, -0.15) is 13.2 Å². The molecule has 0 aromatic heterocycles.